The van der Waals surface area contributed by atoms with Gasteiger partial charge in [-0.1, -0.05) is 20.8 Å². The average molecular weight is 279 g/mol. The van der Waals surface area contributed by atoms with Gasteiger partial charge in [-0.05, 0) is 24.0 Å². The maximum Gasteiger partial charge on any atom is 0.293 e. The monoisotopic (exact) mass is 279 g/mol. The van der Waals surface area contributed by atoms with E-state index >= 15 is 0 Å². The summed E-state index contributed by atoms with van der Waals surface area (Å²) in [6.07, 6.45) is 0.890. The van der Waals surface area contributed by atoms with Gasteiger partial charge in [0.15, 0.2) is 0 Å². The van der Waals surface area contributed by atoms with Crippen molar-refractivity contribution in [3.05, 3.63) is 33.9 Å². The Morgan fingerprint density at radius 3 is 2.50 bits per heavy atom. The number of anilines is 1. The van der Waals surface area contributed by atoms with Crippen LogP contribution in [0.2, 0.25) is 0 Å². The summed E-state index contributed by atoms with van der Waals surface area (Å²) in [7, 11) is 1.49. The third kappa shape index (κ3) is 4.53. The molecule has 1 rings (SSSR count). The molecule has 0 unspecified atom stereocenters. The van der Waals surface area contributed by atoms with Crippen molar-refractivity contribution in [3.63, 3.8) is 0 Å². The van der Waals surface area contributed by atoms with Crippen LogP contribution in [0.25, 0.3) is 0 Å². The number of nitrogens with one attached hydrogen (secondary N) is 2. The highest BCUT2D eigenvalue weighted by Crippen LogP contribution is 2.26. The molecule has 110 valence electrons. The van der Waals surface area contributed by atoms with E-state index in [9.17, 15) is 14.9 Å². The second-order valence-corrected chi connectivity index (χ2v) is 5.81. The molecule has 0 saturated heterocycles. The molecule has 1 aromatic rings. The number of carbonyl (C=O) groups is 1. The Hall–Kier alpha value is -2.11. The summed E-state index contributed by atoms with van der Waals surface area (Å²) in [6, 6.07) is 4.44. The van der Waals surface area contributed by atoms with E-state index in [0.717, 1.165) is 6.42 Å². The van der Waals surface area contributed by atoms with Crippen molar-refractivity contribution in [1.82, 2.24) is 5.32 Å². The van der Waals surface area contributed by atoms with Gasteiger partial charge in [0.2, 0.25) is 0 Å². The Morgan fingerprint density at radius 1 is 1.35 bits per heavy atom. The molecular formula is C14H21N3O3. The summed E-state index contributed by atoms with van der Waals surface area (Å²) < 4.78 is 0. The first-order valence-corrected chi connectivity index (χ1v) is 6.49. The van der Waals surface area contributed by atoms with Gasteiger partial charge >= 0.3 is 0 Å². The van der Waals surface area contributed by atoms with Gasteiger partial charge in [-0.3, -0.25) is 14.9 Å². The number of carbonyl (C=O) groups excluding carboxylic acids is 1. The van der Waals surface area contributed by atoms with Crippen molar-refractivity contribution in [2.45, 2.75) is 27.2 Å². The maximum atomic E-state index is 11.5. The topological polar surface area (TPSA) is 84.3 Å². The largest absolute Gasteiger partial charge is 0.379 e. The van der Waals surface area contributed by atoms with Crippen molar-refractivity contribution >= 4 is 17.3 Å². The van der Waals surface area contributed by atoms with Crippen LogP contribution in [-0.4, -0.2) is 24.4 Å². The van der Waals surface area contributed by atoms with E-state index in [1.54, 1.807) is 12.1 Å². The minimum atomic E-state index is -0.480. The van der Waals surface area contributed by atoms with Crippen molar-refractivity contribution in [2.75, 3.05) is 18.9 Å². The molecule has 0 aliphatic carbocycles. The van der Waals surface area contributed by atoms with Gasteiger partial charge in [0.1, 0.15) is 5.69 Å². The number of nitrogens with zero attached hydrogens (tertiary/aromatic N) is 1. The minimum absolute atomic E-state index is 0.0833. The van der Waals surface area contributed by atoms with Crippen molar-refractivity contribution in [3.8, 4) is 0 Å². The second kappa shape index (κ2) is 6.36. The molecule has 0 aliphatic heterocycles. The Bertz CT molecular complexity index is 507. The normalized spacial score (nSPS) is 11.0. The molecule has 0 heterocycles. The Labute approximate surface area is 118 Å². The summed E-state index contributed by atoms with van der Waals surface area (Å²) in [5, 5.41) is 16.6. The summed E-state index contributed by atoms with van der Waals surface area (Å²) >= 11 is 0. The summed E-state index contributed by atoms with van der Waals surface area (Å²) in [6.45, 7) is 6.97. The van der Waals surface area contributed by atoms with Gasteiger partial charge in [-0.2, -0.15) is 0 Å². The lowest BCUT2D eigenvalue weighted by Gasteiger charge is -2.18. The molecule has 1 amide bonds. The molecule has 6 heteroatoms. The highest BCUT2D eigenvalue weighted by atomic mass is 16.6. The van der Waals surface area contributed by atoms with Gasteiger partial charge in [0, 0.05) is 25.2 Å². The molecule has 1 aromatic carbocycles. The molecule has 2 N–H and O–H groups in total. The lowest BCUT2D eigenvalue weighted by atomic mass is 9.92. The van der Waals surface area contributed by atoms with Gasteiger partial charge in [-0.15, -0.1) is 0 Å². The van der Waals surface area contributed by atoms with Gasteiger partial charge in [-0.25, -0.2) is 0 Å². The van der Waals surface area contributed by atoms with Crippen LogP contribution in [0.1, 0.15) is 37.6 Å². The van der Waals surface area contributed by atoms with E-state index in [0.29, 0.717) is 12.2 Å². The number of nitro benzene ring substituents is 1. The SMILES string of the molecule is CNC(=O)c1ccc(NCCC(C)(C)C)c([N+](=O)[O-])c1. The van der Waals surface area contributed by atoms with Crippen LogP contribution in [0, 0.1) is 15.5 Å². The lowest BCUT2D eigenvalue weighted by Crippen LogP contribution is -2.18. The van der Waals surface area contributed by atoms with Crippen LogP contribution < -0.4 is 10.6 Å². The summed E-state index contributed by atoms with van der Waals surface area (Å²) in [5.41, 5.74) is 0.788. The number of hydrogen-bond acceptors (Lipinski definition) is 4. The quantitative estimate of drug-likeness (QED) is 0.641. The molecule has 0 radical (unpaired) electrons. The van der Waals surface area contributed by atoms with E-state index in [4.69, 9.17) is 0 Å². The van der Waals surface area contributed by atoms with Crippen LogP contribution in [-0.2, 0) is 0 Å². The van der Waals surface area contributed by atoms with Crippen molar-refractivity contribution < 1.29 is 9.72 Å². The van der Waals surface area contributed by atoms with Crippen LogP contribution in [0.5, 0.6) is 0 Å². The minimum Gasteiger partial charge on any atom is -0.379 e. The fraction of sp³-hybridized carbons (Fsp3) is 0.500. The lowest BCUT2D eigenvalue weighted by molar-refractivity contribution is -0.384. The fourth-order valence-electron chi connectivity index (χ4n) is 1.69. The third-order valence-corrected chi connectivity index (χ3v) is 2.87. The molecule has 0 aromatic heterocycles. The van der Waals surface area contributed by atoms with E-state index < -0.39 is 4.92 Å². The molecule has 0 bridgehead atoms. The molecule has 0 spiro atoms. The summed E-state index contributed by atoms with van der Waals surface area (Å²) in [5.74, 6) is -0.339. The van der Waals surface area contributed by atoms with Crippen LogP contribution in [0.3, 0.4) is 0 Å². The van der Waals surface area contributed by atoms with Crippen LogP contribution >= 0.6 is 0 Å². The Morgan fingerprint density at radius 2 is 2.00 bits per heavy atom. The van der Waals surface area contributed by atoms with Gasteiger partial charge in [0.25, 0.3) is 11.6 Å². The highest BCUT2D eigenvalue weighted by molar-refractivity contribution is 5.95. The molecule has 20 heavy (non-hydrogen) atoms. The van der Waals surface area contributed by atoms with E-state index in [2.05, 4.69) is 31.4 Å². The fourth-order valence-corrected chi connectivity index (χ4v) is 1.69. The smallest absolute Gasteiger partial charge is 0.293 e. The second-order valence-electron chi connectivity index (χ2n) is 5.81. The zero-order valence-corrected chi connectivity index (χ0v) is 12.3. The number of hydrogen-bond donors (Lipinski definition) is 2. The number of nitro groups is 1. The van der Waals surface area contributed by atoms with Crippen molar-refractivity contribution in [2.24, 2.45) is 5.41 Å². The molecule has 0 fully saturated rings. The van der Waals surface area contributed by atoms with E-state index in [-0.39, 0.29) is 22.6 Å². The van der Waals surface area contributed by atoms with Crippen LogP contribution in [0.4, 0.5) is 11.4 Å². The zero-order valence-electron chi connectivity index (χ0n) is 12.3. The first-order valence-electron chi connectivity index (χ1n) is 6.49. The first-order chi connectivity index (χ1) is 9.24. The van der Waals surface area contributed by atoms with E-state index in [1.807, 2.05) is 0 Å². The van der Waals surface area contributed by atoms with Gasteiger partial charge < -0.3 is 10.6 Å². The van der Waals surface area contributed by atoms with Gasteiger partial charge in [0.05, 0.1) is 4.92 Å². The predicted molar refractivity (Wildman–Crippen MR) is 79.0 cm³/mol. The molecule has 0 saturated carbocycles. The number of rotatable bonds is 5. The average Bonchev–Trinajstić information content (AvgIpc) is 2.36. The van der Waals surface area contributed by atoms with Crippen LogP contribution in [0.15, 0.2) is 18.2 Å². The Kier molecular flexibility index (Phi) is 5.07. The number of amides is 1. The molecule has 6 nitrogen and oxygen atoms in total. The molecule has 0 atom stereocenters. The third-order valence-electron chi connectivity index (χ3n) is 2.87. The zero-order chi connectivity index (χ0) is 15.3. The standard InChI is InChI=1S/C14H21N3O3/c1-14(2,3)7-8-16-11-6-5-10(13(18)15-4)9-12(11)17(19)20/h5-6,9,16H,7-8H2,1-4H3,(H,15,18). The van der Waals surface area contributed by atoms with E-state index in [1.165, 1.54) is 13.1 Å². The summed E-state index contributed by atoms with van der Waals surface area (Å²) in [4.78, 5) is 22.1. The van der Waals surface area contributed by atoms with Crippen molar-refractivity contribution in [1.29, 1.82) is 0 Å². The Balaban J connectivity index is 2.91. The maximum absolute atomic E-state index is 11.5. The molecular weight excluding hydrogens is 258 g/mol. The predicted octanol–water partition coefficient (Wildman–Crippen LogP) is 2.80. The first kappa shape index (κ1) is 15.9. The molecule has 0 aliphatic rings. The number of benzene rings is 1. The highest BCUT2D eigenvalue weighted by Gasteiger charge is 2.17.